The Hall–Kier alpha value is -1.39. The minimum Gasteiger partial charge on any atom is -0.492 e. The molecule has 2 aromatic rings. The van der Waals surface area contributed by atoms with Crippen molar-refractivity contribution in [3.8, 4) is 5.75 Å². The molecule has 0 radical (unpaired) electrons. The van der Waals surface area contributed by atoms with Gasteiger partial charge in [-0.1, -0.05) is 18.2 Å². The number of aromatic nitrogens is 1. The predicted octanol–water partition coefficient (Wildman–Crippen LogP) is 2.69. The molecule has 2 N–H and O–H groups in total. The summed E-state index contributed by atoms with van der Waals surface area (Å²) in [4.78, 5) is 4.60. The van der Waals surface area contributed by atoms with Gasteiger partial charge >= 0.3 is 0 Å². The number of fused-ring (bicyclic) bond motifs is 1. The van der Waals surface area contributed by atoms with E-state index in [1.165, 1.54) is 5.56 Å². The number of hydrogen-bond acceptors (Lipinski definition) is 4. The van der Waals surface area contributed by atoms with Gasteiger partial charge < -0.3 is 10.5 Å². The molecule has 1 aromatic heterocycles. The molecule has 0 saturated carbocycles. The zero-order valence-electron chi connectivity index (χ0n) is 9.59. The Morgan fingerprint density at radius 3 is 3.06 bits per heavy atom. The van der Waals surface area contributed by atoms with Crippen molar-refractivity contribution >= 4 is 11.3 Å². The highest BCUT2D eigenvalue weighted by Crippen LogP contribution is 2.39. The average Bonchev–Trinajstić information content (AvgIpc) is 2.95. The van der Waals surface area contributed by atoms with Gasteiger partial charge in [0.05, 0.1) is 11.6 Å². The maximum Gasteiger partial charge on any atom is 0.123 e. The first-order chi connectivity index (χ1) is 8.25. The first kappa shape index (κ1) is 10.7. The number of hydrogen-bond donors (Lipinski definition) is 1. The van der Waals surface area contributed by atoms with E-state index < -0.39 is 0 Å². The molecule has 4 heteroatoms. The minimum absolute atomic E-state index is 0.00225. The SMILES string of the molecule is CC(N)c1csc(C2COc3ccccc32)n1. The number of nitrogens with two attached hydrogens (primary N) is 1. The van der Waals surface area contributed by atoms with E-state index >= 15 is 0 Å². The summed E-state index contributed by atoms with van der Waals surface area (Å²) >= 11 is 1.67. The second-order valence-electron chi connectivity index (χ2n) is 4.30. The molecule has 0 saturated heterocycles. The van der Waals surface area contributed by atoms with E-state index in [1.54, 1.807) is 11.3 Å². The molecular weight excluding hydrogens is 232 g/mol. The molecule has 1 aliphatic heterocycles. The maximum absolute atomic E-state index is 5.83. The largest absolute Gasteiger partial charge is 0.492 e. The first-order valence-corrected chi connectivity index (χ1v) is 6.56. The van der Waals surface area contributed by atoms with Gasteiger partial charge in [0.2, 0.25) is 0 Å². The molecule has 0 fully saturated rings. The lowest BCUT2D eigenvalue weighted by Gasteiger charge is -2.04. The van der Waals surface area contributed by atoms with Crippen LogP contribution in [0.5, 0.6) is 5.75 Å². The van der Waals surface area contributed by atoms with Gasteiger partial charge in [-0.2, -0.15) is 0 Å². The fourth-order valence-electron chi connectivity index (χ4n) is 2.04. The van der Waals surface area contributed by atoms with Gasteiger partial charge in [0.15, 0.2) is 0 Å². The molecule has 1 aliphatic rings. The van der Waals surface area contributed by atoms with Crippen LogP contribution in [0.15, 0.2) is 29.6 Å². The molecule has 1 aromatic carbocycles. The van der Waals surface area contributed by atoms with Gasteiger partial charge in [0.25, 0.3) is 0 Å². The van der Waals surface area contributed by atoms with Crippen molar-refractivity contribution in [2.45, 2.75) is 18.9 Å². The second-order valence-corrected chi connectivity index (χ2v) is 5.19. The zero-order valence-corrected chi connectivity index (χ0v) is 10.4. The highest BCUT2D eigenvalue weighted by atomic mass is 32.1. The average molecular weight is 246 g/mol. The van der Waals surface area contributed by atoms with Crippen LogP contribution < -0.4 is 10.5 Å². The lowest BCUT2D eigenvalue weighted by atomic mass is 10.0. The van der Waals surface area contributed by atoms with Crippen LogP contribution in [-0.2, 0) is 0 Å². The summed E-state index contributed by atoms with van der Waals surface area (Å²) in [5.74, 6) is 1.25. The third-order valence-electron chi connectivity index (χ3n) is 3.00. The van der Waals surface area contributed by atoms with Gasteiger partial charge in [-0.15, -0.1) is 11.3 Å². The van der Waals surface area contributed by atoms with E-state index in [0.717, 1.165) is 16.5 Å². The summed E-state index contributed by atoms with van der Waals surface area (Å²) < 4.78 is 5.67. The summed E-state index contributed by atoms with van der Waals surface area (Å²) in [5, 5.41) is 3.14. The summed E-state index contributed by atoms with van der Waals surface area (Å²) in [6, 6.07) is 8.16. The molecule has 0 aliphatic carbocycles. The van der Waals surface area contributed by atoms with Gasteiger partial charge in [-0.3, -0.25) is 0 Å². The number of rotatable bonds is 2. The van der Waals surface area contributed by atoms with E-state index in [9.17, 15) is 0 Å². The summed E-state index contributed by atoms with van der Waals surface area (Å²) in [6.07, 6.45) is 0. The van der Waals surface area contributed by atoms with Gasteiger partial charge in [-0.05, 0) is 13.0 Å². The zero-order chi connectivity index (χ0) is 11.8. The Kier molecular flexibility index (Phi) is 2.61. The molecule has 88 valence electrons. The van der Waals surface area contributed by atoms with Crippen LogP contribution in [0.25, 0.3) is 0 Å². The standard InChI is InChI=1S/C13H14N2OS/c1-8(14)11-7-17-13(15-11)10-6-16-12-5-3-2-4-9(10)12/h2-5,7-8,10H,6,14H2,1H3. The van der Waals surface area contributed by atoms with E-state index in [2.05, 4.69) is 11.1 Å². The monoisotopic (exact) mass is 246 g/mol. The molecule has 0 bridgehead atoms. The number of ether oxygens (including phenoxy) is 1. The van der Waals surface area contributed by atoms with Crippen molar-refractivity contribution in [1.29, 1.82) is 0 Å². The number of thiazole rings is 1. The molecule has 0 amide bonds. The third kappa shape index (κ3) is 1.83. The van der Waals surface area contributed by atoms with E-state index in [-0.39, 0.29) is 12.0 Å². The van der Waals surface area contributed by atoms with Crippen LogP contribution in [0.3, 0.4) is 0 Å². The van der Waals surface area contributed by atoms with Gasteiger partial charge in [0, 0.05) is 17.0 Å². The third-order valence-corrected chi connectivity index (χ3v) is 3.98. The Morgan fingerprint density at radius 2 is 2.29 bits per heavy atom. The Bertz CT molecular complexity index is 536. The first-order valence-electron chi connectivity index (χ1n) is 5.68. The van der Waals surface area contributed by atoms with Crippen molar-refractivity contribution in [2.24, 2.45) is 5.73 Å². The molecule has 2 heterocycles. The van der Waals surface area contributed by atoms with Crippen molar-refractivity contribution in [1.82, 2.24) is 4.98 Å². The van der Waals surface area contributed by atoms with Gasteiger partial charge in [-0.25, -0.2) is 4.98 Å². The van der Waals surface area contributed by atoms with Crippen LogP contribution in [0.4, 0.5) is 0 Å². The molecule has 2 unspecified atom stereocenters. The maximum atomic E-state index is 5.83. The second kappa shape index (κ2) is 4.13. The van der Waals surface area contributed by atoms with Crippen LogP contribution in [0.2, 0.25) is 0 Å². The summed E-state index contributed by atoms with van der Waals surface area (Å²) in [6.45, 7) is 2.64. The summed E-state index contributed by atoms with van der Waals surface area (Å²) in [5.41, 5.74) is 8.03. The van der Waals surface area contributed by atoms with E-state index in [4.69, 9.17) is 10.5 Å². The number of para-hydroxylation sites is 1. The highest BCUT2D eigenvalue weighted by molar-refractivity contribution is 7.09. The predicted molar refractivity (Wildman–Crippen MR) is 68.5 cm³/mol. The number of nitrogens with zero attached hydrogens (tertiary/aromatic N) is 1. The van der Waals surface area contributed by atoms with Crippen molar-refractivity contribution in [3.63, 3.8) is 0 Å². The van der Waals surface area contributed by atoms with E-state index in [1.807, 2.05) is 30.5 Å². The van der Waals surface area contributed by atoms with Crippen LogP contribution in [-0.4, -0.2) is 11.6 Å². The fourth-order valence-corrected chi connectivity index (χ4v) is 3.06. The van der Waals surface area contributed by atoms with E-state index in [0.29, 0.717) is 6.61 Å². The number of benzene rings is 1. The van der Waals surface area contributed by atoms with Crippen LogP contribution in [0.1, 0.15) is 35.1 Å². The minimum atomic E-state index is -0.00225. The Balaban J connectivity index is 1.95. The van der Waals surface area contributed by atoms with Crippen molar-refractivity contribution < 1.29 is 4.74 Å². The Morgan fingerprint density at radius 1 is 1.47 bits per heavy atom. The molecule has 2 atom stereocenters. The van der Waals surface area contributed by atoms with Crippen LogP contribution >= 0.6 is 11.3 Å². The highest BCUT2D eigenvalue weighted by Gasteiger charge is 2.27. The molecule has 17 heavy (non-hydrogen) atoms. The fraction of sp³-hybridized carbons (Fsp3) is 0.308. The lowest BCUT2D eigenvalue weighted by molar-refractivity contribution is 0.342. The normalized spacial score (nSPS) is 19.8. The molecular formula is C13H14N2OS. The Labute approximate surface area is 104 Å². The lowest BCUT2D eigenvalue weighted by Crippen LogP contribution is -2.07. The van der Waals surface area contributed by atoms with Crippen LogP contribution in [0, 0.1) is 0 Å². The molecule has 3 rings (SSSR count). The van der Waals surface area contributed by atoms with Crippen molar-refractivity contribution in [3.05, 3.63) is 45.9 Å². The summed E-state index contributed by atoms with van der Waals surface area (Å²) in [7, 11) is 0. The quantitative estimate of drug-likeness (QED) is 0.886. The van der Waals surface area contributed by atoms with Crippen molar-refractivity contribution in [2.75, 3.05) is 6.61 Å². The molecule has 0 spiro atoms. The smallest absolute Gasteiger partial charge is 0.123 e. The van der Waals surface area contributed by atoms with Gasteiger partial charge in [0.1, 0.15) is 17.4 Å². The topological polar surface area (TPSA) is 48.1 Å². The molecule has 3 nitrogen and oxygen atoms in total.